The van der Waals surface area contributed by atoms with Gasteiger partial charge in [0.2, 0.25) is 5.13 Å². The molecule has 0 spiro atoms. The summed E-state index contributed by atoms with van der Waals surface area (Å²) in [6.45, 7) is 2.07. The number of carbonyl (C=O) groups excluding carboxylic acids is 2. The summed E-state index contributed by atoms with van der Waals surface area (Å²) in [7, 11) is 0. The summed E-state index contributed by atoms with van der Waals surface area (Å²) in [5.41, 5.74) is 7.30. The first-order valence-corrected chi connectivity index (χ1v) is 14.4. The number of hydrogen-bond donors (Lipinski definition) is 0. The zero-order valence-corrected chi connectivity index (χ0v) is 25.7. The number of fused-ring (bicyclic) bond motifs is 1. The van der Waals surface area contributed by atoms with Crippen LogP contribution in [0.4, 0.5) is 10.8 Å². The third kappa shape index (κ3) is 4.96. The van der Waals surface area contributed by atoms with Gasteiger partial charge in [-0.2, -0.15) is 5.10 Å². The number of anilines is 2. The number of hydrazone groups is 1. The minimum atomic E-state index is -0.317. The van der Waals surface area contributed by atoms with Gasteiger partial charge in [-0.15, -0.1) is 28.3 Å². The molecule has 1 unspecified atom stereocenters. The topological polar surface area (TPSA) is 65.9 Å². The van der Waals surface area contributed by atoms with Gasteiger partial charge in [0, 0.05) is 22.4 Å². The number of benzene rings is 4. The maximum atomic E-state index is 13.1. The van der Waals surface area contributed by atoms with Crippen LogP contribution >= 0.6 is 39.9 Å². The fourth-order valence-electron chi connectivity index (χ4n) is 5.28. The van der Waals surface area contributed by atoms with Crippen LogP contribution in [0.3, 0.4) is 0 Å². The third-order valence-corrected chi connectivity index (χ3v) is 8.51. The molecule has 0 radical (unpaired) electrons. The minimum Gasteiger partial charge on any atom is -0.268 e. The first kappa shape index (κ1) is 28.0. The van der Waals surface area contributed by atoms with Crippen molar-refractivity contribution >= 4 is 68.3 Å². The molecule has 0 saturated heterocycles. The molecule has 42 heavy (non-hydrogen) atoms. The summed E-state index contributed by atoms with van der Waals surface area (Å²) >= 11 is 7.69. The molecule has 0 aliphatic carbocycles. The molecule has 1 aromatic heterocycles. The SMILES string of the molecule is Br.Cc1ccc(C2=NN(c3nc(-c4cccc(N5C(=O)c6ccccc6C5=O)c4)cs3)C(c3ccc(Cl)cc3)C2)cc1. The Morgan fingerprint density at radius 1 is 0.833 bits per heavy atom. The van der Waals surface area contributed by atoms with E-state index in [9.17, 15) is 9.59 Å². The van der Waals surface area contributed by atoms with Crippen molar-refractivity contribution < 1.29 is 9.59 Å². The zero-order valence-electron chi connectivity index (χ0n) is 22.4. The van der Waals surface area contributed by atoms with Gasteiger partial charge in [-0.1, -0.05) is 77.8 Å². The van der Waals surface area contributed by atoms with Crippen molar-refractivity contribution in [3.63, 3.8) is 0 Å². The lowest BCUT2D eigenvalue weighted by Crippen LogP contribution is -2.29. The Bertz CT molecular complexity index is 1820. The molecule has 0 saturated carbocycles. The quantitative estimate of drug-likeness (QED) is 0.178. The van der Waals surface area contributed by atoms with Crippen molar-refractivity contribution in [2.45, 2.75) is 19.4 Å². The van der Waals surface area contributed by atoms with Gasteiger partial charge in [-0.25, -0.2) is 14.9 Å². The highest BCUT2D eigenvalue weighted by Gasteiger charge is 2.36. The number of nitrogens with zero attached hydrogens (tertiary/aromatic N) is 4. The molecule has 2 amide bonds. The van der Waals surface area contributed by atoms with Crippen molar-refractivity contribution in [3.8, 4) is 11.3 Å². The van der Waals surface area contributed by atoms with Crippen molar-refractivity contribution in [2.24, 2.45) is 5.10 Å². The third-order valence-electron chi connectivity index (χ3n) is 7.43. The van der Waals surface area contributed by atoms with E-state index in [-0.39, 0.29) is 34.8 Å². The van der Waals surface area contributed by atoms with E-state index in [1.54, 1.807) is 30.3 Å². The number of aromatic nitrogens is 1. The fraction of sp³-hybridized carbons (Fsp3) is 0.0909. The molecule has 2 aliphatic heterocycles. The fourth-order valence-corrected chi connectivity index (χ4v) is 6.24. The van der Waals surface area contributed by atoms with E-state index in [1.165, 1.54) is 21.8 Å². The smallest absolute Gasteiger partial charge is 0.266 e. The lowest BCUT2D eigenvalue weighted by atomic mass is 9.98. The van der Waals surface area contributed by atoms with Crippen LogP contribution in [0, 0.1) is 6.92 Å². The Kier molecular flexibility index (Phi) is 7.53. The molecule has 2 aliphatic rings. The maximum Gasteiger partial charge on any atom is 0.266 e. The van der Waals surface area contributed by atoms with Gasteiger partial charge in [0.05, 0.1) is 34.3 Å². The summed E-state index contributed by atoms with van der Waals surface area (Å²) < 4.78 is 0. The standard InChI is InChI=1S/C33H23ClN4O2S.BrH/c1-20-9-11-21(12-10-20)28-18-30(22-13-15-24(34)16-14-22)38(36-28)33-35-29(19-41-33)23-5-4-6-25(17-23)37-31(39)26-7-2-3-8-27(26)32(37)40;/h2-17,19,30H,18H2,1H3;1H. The lowest BCUT2D eigenvalue weighted by molar-refractivity contribution is 0.0926. The number of carbonyl (C=O) groups is 2. The molecule has 9 heteroatoms. The number of rotatable bonds is 5. The summed E-state index contributed by atoms with van der Waals surface area (Å²) in [5, 5.41) is 10.4. The van der Waals surface area contributed by atoms with Crippen LogP contribution in [0.1, 0.15) is 49.9 Å². The number of hydrogen-bond acceptors (Lipinski definition) is 6. The van der Waals surface area contributed by atoms with Crippen LogP contribution in [0.15, 0.2) is 108 Å². The number of aryl methyl sites for hydroxylation is 1. The van der Waals surface area contributed by atoms with Crippen LogP contribution in [-0.4, -0.2) is 22.5 Å². The van der Waals surface area contributed by atoms with Gasteiger partial charge in [-0.05, 0) is 54.4 Å². The minimum absolute atomic E-state index is 0. The normalized spacial score (nSPS) is 16.0. The van der Waals surface area contributed by atoms with E-state index in [2.05, 4.69) is 31.2 Å². The molecule has 0 bridgehead atoms. The predicted octanol–water partition coefficient (Wildman–Crippen LogP) is 8.51. The van der Waals surface area contributed by atoms with Crippen molar-refractivity contribution in [3.05, 3.63) is 135 Å². The second kappa shape index (κ2) is 11.3. The lowest BCUT2D eigenvalue weighted by Gasteiger charge is -2.21. The Hall–Kier alpha value is -4.11. The molecule has 7 rings (SSSR count). The largest absolute Gasteiger partial charge is 0.268 e. The monoisotopic (exact) mass is 654 g/mol. The highest BCUT2D eigenvalue weighted by molar-refractivity contribution is 8.93. The highest BCUT2D eigenvalue weighted by atomic mass is 79.9. The number of thiazole rings is 1. The molecule has 6 nitrogen and oxygen atoms in total. The number of imide groups is 1. The van der Waals surface area contributed by atoms with Gasteiger partial charge >= 0.3 is 0 Å². The van der Waals surface area contributed by atoms with Crippen LogP contribution < -0.4 is 9.91 Å². The average molecular weight is 656 g/mol. The Labute approximate surface area is 262 Å². The van der Waals surface area contributed by atoms with E-state index < -0.39 is 0 Å². The van der Waals surface area contributed by atoms with Crippen LogP contribution in [0.25, 0.3) is 11.3 Å². The zero-order chi connectivity index (χ0) is 28.1. The predicted molar refractivity (Wildman–Crippen MR) is 174 cm³/mol. The highest BCUT2D eigenvalue weighted by Crippen LogP contribution is 2.40. The molecule has 5 aromatic rings. The Morgan fingerprint density at radius 3 is 2.21 bits per heavy atom. The van der Waals surface area contributed by atoms with E-state index in [4.69, 9.17) is 21.7 Å². The van der Waals surface area contributed by atoms with E-state index in [0.717, 1.165) is 39.6 Å². The van der Waals surface area contributed by atoms with Crippen LogP contribution in [-0.2, 0) is 0 Å². The van der Waals surface area contributed by atoms with Gasteiger partial charge in [0.1, 0.15) is 0 Å². The van der Waals surface area contributed by atoms with E-state index in [0.29, 0.717) is 21.8 Å². The van der Waals surface area contributed by atoms with Gasteiger partial charge < -0.3 is 0 Å². The van der Waals surface area contributed by atoms with Gasteiger partial charge in [0.25, 0.3) is 11.8 Å². The molecule has 0 N–H and O–H groups in total. The second-order valence-electron chi connectivity index (χ2n) is 10.1. The molecule has 208 valence electrons. The summed E-state index contributed by atoms with van der Waals surface area (Å²) in [4.78, 5) is 32.3. The molecule has 0 fully saturated rings. The number of halogens is 2. The molecule has 4 aromatic carbocycles. The first-order chi connectivity index (χ1) is 20.0. The van der Waals surface area contributed by atoms with Crippen LogP contribution in [0.2, 0.25) is 5.02 Å². The molecular formula is C33H24BrClN4O2S. The summed E-state index contributed by atoms with van der Waals surface area (Å²) in [6.07, 6.45) is 0.731. The second-order valence-corrected chi connectivity index (χ2v) is 11.4. The molecular weight excluding hydrogens is 632 g/mol. The van der Waals surface area contributed by atoms with Gasteiger partial charge in [-0.3, -0.25) is 9.59 Å². The van der Waals surface area contributed by atoms with Crippen molar-refractivity contribution in [2.75, 3.05) is 9.91 Å². The van der Waals surface area contributed by atoms with Crippen molar-refractivity contribution in [1.29, 1.82) is 0 Å². The Balaban J connectivity index is 0.00000316. The summed E-state index contributed by atoms with van der Waals surface area (Å²) in [5.74, 6) is -0.634. The molecule has 1 atom stereocenters. The van der Waals surface area contributed by atoms with E-state index >= 15 is 0 Å². The Morgan fingerprint density at radius 2 is 1.52 bits per heavy atom. The average Bonchev–Trinajstić information content (AvgIpc) is 3.71. The maximum absolute atomic E-state index is 13.1. The van der Waals surface area contributed by atoms with E-state index in [1.807, 2.05) is 52.9 Å². The first-order valence-electron chi connectivity index (χ1n) is 13.2. The number of amides is 2. The molecule has 3 heterocycles. The van der Waals surface area contributed by atoms with Crippen LogP contribution in [0.5, 0.6) is 0 Å². The van der Waals surface area contributed by atoms with Gasteiger partial charge in [0.15, 0.2) is 0 Å². The summed E-state index contributed by atoms with van der Waals surface area (Å²) in [6, 6.07) is 30.5. The van der Waals surface area contributed by atoms with Crippen molar-refractivity contribution in [1.82, 2.24) is 4.98 Å².